The molecule has 2 saturated heterocycles. The van der Waals surface area contributed by atoms with Gasteiger partial charge in [-0.25, -0.2) is 0 Å². The Bertz CT molecular complexity index is 722. The molecule has 2 heterocycles. The molecule has 1 aromatic carbocycles. The van der Waals surface area contributed by atoms with E-state index in [4.69, 9.17) is 4.74 Å². The molecule has 3 fully saturated rings. The third-order valence-corrected chi connectivity index (χ3v) is 6.79. The van der Waals surface area contributed by atoms with Crippen molar-refractivity contribution in [3.63, 3.8) is 0 Å². The third kappa shape index (κ3) is 4.36. The van der Waals surface area contributed by atoms with Gasteiger partial charge in [0, 0.05) is 45.2 Å². The van der Waals surface area contributed by atoms with Crippen molar-refractivity contribution < 1.29 is 14.3 Å². The summed E-state index contributed by atoms with van der Waals surface area (Å²) < 4.78 is 5.48. The minimum absolute atomic E-state index is 0.161. The molecule has 29 heavy (non-hydrogen) atoms. The van der Waals surface area contributed by atoms with Gasteiger partial charge < -0.3 is 19.4 Å². The molecule has 0 bridgehead atoms. The molecule has 0 N–H and O–H groups in total. The Morgan fingerprint density at radius 2 is 1.69 bits per heavy atom. The van der Waals surface area contributed by atoms with Crippen LogP contribution in [0, 0.1) is 5.92 Å². The van der Waals surface area contributed by atoms with E-state index in [0.29, 0.717) is 32.1 Å². The number of para-hydroxylation sites is 2. The molecule has 4 rings (SSSR count). The lowest BCUT2D eigenvalue weighted by Crippen LogP contribution is -2.51. The van der Waals surface area contributed by atoms with Crippen LogP contribution < -0.4 is 9.64 Å². The summed E-state index contributed by atoms with van der Waals surface area (Å²) in [7, 11) is 1.69. The van der Waals surface area contributed by atoms with Gasteiger partial charge >= 0.3 is 0 Å². The Labute approximate surface area is 173 Å². The highest BCUT2D eigenvalue weighted by Gasteiger charge is 2.40. The second kappa shape index (κ2) is 9.06. The molecule has 1 aliphatic carbocycles. The minimum Gasteiger partial charge on any atom is -0.495 e. The van der Waals surface area contributed by atoms with E-state index in [9.17, 15) is 9.59 Å². The fourth-order valence-corrected chi connectivity index (χ4v) is 5.14. The molecule has 1 unspecified atom stereocenters. The van der Waals surface area contributed by atoms with Crippen LogP contribution in [0.4, 0.5) is 5.69 Å². The van der Waals surface area contributed by atoms with Crippen molar-refractivity contribution in [2.75, 3.05) is 44.7 Å². The molecule has 1 atom stereocenters. The lowest BCUT2D eigenvalue weighted by molar-refractivity contribution is -0.136. The van der Waals surface area contributed by atoms with Gasteiger partial charge in [-0.3, -0.25) is 9.59 Å². The molecule has 0 aromatic heterocycles. The number of anilines is 1. The first-order valence-electron chi connectivity index (χ1n) is 11.1. The van der Waals surface area contributed by atoms with Crippen molar-refractivity contribution in [3.05, 3.63) is 24.3 Å². The maximum atomic E-state index is 13.1. The van der Waals surface area contributed by atoms with Crippen LogP contribution in [0.2, 0.25) is 0 Å². The summed E-state index contributed by atoms with van der Waals surface area (Å²) in [6.45, 7) is 3.60. The van der Waals surface area contributed by atoms with Crippen molar-refractivity contribution in [1.29, 1.82) is 0 Å². The SMILES string of the molecule is COc1ccccc1N1CCN(C(=O)C2CC(=O)N(C3CCCCCC3)C2)CC1. The van der Waals surface area contributed by atoms with Crippen LogP contribution >= 0.6 is 0 Å². The molecule has 6 nitrogen and oxygen atoms in total. The number of carbonyl (C=O) groups excluding carboxylic acids is 2. The minimum atomic E-state index is -0.163. The van der Waals surface area contributed by atoms with Gasteiger partial charge in [0.25, 0.3) is 0 Å². The van der Waals surface area contributed by atoms with Crippen LogP contribution in [-0.2, 0) is 9.59 Å². The number of rotatable bonds is 4. The van der Waals surface area contributed by atoms with Crippen LogP contribution in [0.1, 0.15) is 44.9 Å². The molecule has 0 spiro atoms. The lowest BCUT2D eigenvalue weighted by atomic mass is 10.1. The van der Waals surface area contributed by atoms with Crippen molar-refractivity contribution >= 4 is 17.5 Å². The number of benzene rings is 1. The van der Waals surface area contributed by atoms with Crippen molar-refractivity contribution in [1.82, 2.24) is 9.80 Å². The lowest BCUT2D eigenvalue weighted by Gasteiger charge is -2.37. The van der Waals surface area contributed by atoms with E-state index in [-0.39, 0.29) is 17.7 Å². The molecule has 6 heteroatoms. The van der Waals surface area contributed by atoms with Crippen molar-refractivity contribution in [2.45, 2.75) is 51.0 Å². The largest absolute Gasteiger partial charge is 0.495 e. The average molecular weight is 400 g/mol. The first-order chi connectivity index (χ1) is 14.2. The Morgan fingerprint density at radius 1 is 1.00 bits per heavy atom. The van der Waals surface area contributed by atoms with Crippen molar-refractivity contribution in [3.8, 4) is 5.75 Å². The van der Waals surface area contributed by atoms with Crippen LogP contribution in [-0.4, -0.2) is 67.5 Å². The third-order valence-electron chi connectivity index (χ3n) is 6.79. The average Bonchev–Trinajstić information content (AvgIpc) is 2.97. The molecular weight excluding hydrogens is 366 g/mol. The number of methoxy groups -OCH3 is 1. The topological polar surface area (TPSA) is 53.1 Å². The summed E-state index contributed by atoms with van der Waals surface area (Å²) in [5.74, 6) is 1.05. The number of carbonyl (C=O) groups is 2. The van der Waals surface area contributed by atoms with Gasteiger partial charge in [0.15, 0.2) is 0 Å². The number of hydrogen-bond acceptors (Lipinski definition) is 4. The second-order valence-electron chi connectivity index (χ2n) is 8.58. The van der Waals surface area contributed by atoms with Crippen LogP contribution in [0.25, 0.3) is 0 Å². The van der Waals surface area contributed by atoms with Gasteiger partial charge in [0.1, 0.15) is 5.75 Å². The molecule has 2 aliphatic heterocycles. The molecule has 3 aliphatic rings. The van der Waals surface area contributed by atoms with Gasteiger partial charge in [0.05, 0.1) is 18.7 Å². The summed E-state index contributed by atoms with van der Waals surface area (Å²) in [6, 6.07) is 8.38. The van der Waals surface area contributed by atoms with Gasteiger partial charge in [0.2, 0.25) is 11.8 Å². The smallest absolute Gasteiger partial charge is 0.228 e. The van der Waals surface area contributed by atoms with Crippen LogP contribution in [0.5, 0.6) is 5.75 Å². The summed E-state index contributed by atoms with van der Waals surface area (Å²) in [4.78, 5) is 32.0. The zero-order chi connectivity index (χ0) is 20.2. The predicted octanol–water partition coefficient (Wildman–Crippen LogP) is 2.92. The predicted molar refractivity (Wildman–Crippen MR) is 113 cm³/mol. The second-order valence-corrected chi connectivity index (χ2v) is 8.58. The van der Waals surface area contributed by atoms with E-state index in [0.717, 1.165) is 37.4 Å². The Kier molecular flexibility index (Phi) is 6.26. The number of hydrogen-bond donors (Lipinski definition) is 0. The maximum absolute atomic E-state index is 13.1. The van der Waals surface area contributed by atoms with E-state index < -0.39 is 0 Å². The summed E-state index contributed by atoms with van der Waals surface area (Å²) in [6.07, 6.45) is 7.56. The number of ether oxygens (including phenoxy) is 1. The first-order valence-corrected chi connectivity index (χ1v) is 11.1. The van der Waals surface area contributed by atoms with Gasteiger partial charge in [-0.2, -0.15) is 0 Å². The van der Waals surface area contributed by atoms with E-state index in [1.54, 1.807) is 7.11 Å². The molecule has 0 radical (unpaired) electrons. The van der Waals surface area contributed by atoms with Crippen molar-refractivity contribution in [2.24, 2.45) is 5.92 Å². The molecule has 2 amide bonds. The van der Waals surface area contributed by atoms with Crippen LogP contribution in [0.15, 0.2) is 24.3 Å². The van der Waals surface area contributed by atoms with Crippen LogP contribution in [0.3, 0.4) is 0 Å². The van der Waals surface area contributed by atoms with Gasteiger partial charge in [-0.05, 0) is 25.0 Å². The molecular formula is C23H33N3O3. The Hall–Kier alpha value is -2.24. The summed E-state index contributed by atoms with van der Waals surface area (Å²) >= 11 is 0. The normalized spacial score (nSPS) is 24.0. The monoisotopic (exact) mass is 399 g/mol. The molecule has 1 saturated carbocycles. The quantitative estimate of drug-likeness (QED) is 0.731. The maximum Gasteiger partial charge on any atom is 0.228 e. The fourth-order valence-electron chi connectivity index (χ4n) is 5.14. The van der Waals surface area contributed by atoms with E-state index in [1.165, 1.54) is 25.7 Å². The van der Waals surface area contributed by atoms with E-state index >= 15 is 0 Å². The first kappa shape index (κ1) is 20.0. The zero-order valence-electron chi connectivity index (χ0n) is 17.5. The van der Waals surface area contributed by atoms with E-state index in [2.05, 4.69) is 11.0 Å². The van der Waals surface area contributed by atoms with Gasteiger partial charge in [-0.15, -0.1) is 0 Å². The highest BCUT2D eigenvalue weighted by molar-refractivity contribution is 5.89. The molecule has 1 aromatic rings. The number of likely N-dealkylation sites (tertiary alicyclic amines) is 1. The summed E-state index contributed by atoms with van der Waals surface area (Å²) in [5.41, 5.74) is 1.08. The molecule has 158 valence electrons. The van der Waals surface area contributed by atoms with Gasteiger partial charge in [-0.1, -0.05) is 37.8 Å². The zero-order valence-corrected chi connectivity index (χ0v) is 17.5. The Balaban J connectivity index is 1.33. The standard InChI is InChI=1S/C23H33N3O3/c1-29-21-11-7-6-10-20(21)24-12-14-25(15-13-24)23(28)18-16-22(27)26(17-18)19-8-4-2-3-5-9-19/h6-7,10-11,18-19H,2-5,8-9,12-17H2,1H3. The fraction of sp³-hybridized carbons (Fsp3) is 0.652. The Morgan fingerprint density at radius 3 is 2.38 bits per heavy atom. The van der Waals surface area contributed by atoms with E-state index in [1.807, 2.05) is 28.0 Å². The number of amides is 2. The highest BCUT2D eigenvalue weighted by Crippen LogP contribution is 2.31. The number of nitrogens with zero attached hydrogens (tertiary/aromatic N) is 3. The highest BCUT2D eigenvalue weighted by atomic mass is 16.5. The summed E-state index contributed by atoms with van der Waals surface area (Å²) in [5, 5.41) is 0. The number of piperazine rings is 1.